The maximum atomic E-state index is 12.5. The second-order valence-electron chi connectivity index (χ2n) is 4.96. The highest BCUT2D eigenvalue weighted by Gasteiger charge is 2.23. The number of hydrogen-bond donors (Lipinski definition) is 2. The van der Waals surface area contributed by atoms with Gasteiger partial charge in [-0.2, -0.15) is 4.31 Å². The van der Waals surface area contributed by atoms with Gasteiger partial charge in [-0.05, 0) is 37.6 Å². The summed E-state index contributed by atoms with van der Waals surface area (Å²) in [5.41, 5.74) is 6.51. The van der Waals surface area contributed by atoms with Crippen molar-refractivity contribution in [2.45, 2.75) is 32.1 Å². The molecule has 0 aliphatic carbocycles. The first-order valence-corrected chi connectivity index (χ1v) is 8.91. The van der Waals surface area contributed by atoms with Crippen molar-refractivity contribution >= 4 is 15.9 Å². The molecule has 0 heterocycles. The van der Waals surface area contributed by atoms with Crippen molar-refractivity contribution in [1.82, 2.24) is 9.62 Å². The van der Waals surface area contributed by atoms with Crippen molar-refractivity contribution in [2.24, 2.45) is 5.73 Å². The minimum atomic E-state index is -3.57. The van der Waals surface area contributed by atoms with Gasteiger partial charge in [0.1, 0.15) is 0 Å². The maximum Gasteiger partial charge on any atom is 0.251 e. The molecule has 0 unspecified atom stereocenters. The lowest BCUT2D eigenvalue weighted by molar-refractivity contribution is 0.0952. The zero-order valence-corrected chi connectivity index (χ0v) is 14.2. The van der Waals surface area contributed by atoms with E-state index in [1.54, 1.807) is 32.9 Å². The van der Waals surface area contributed by atoms with Crippen molar-refractivity contribution in [1.29, 1.82) is 0 Å². The first kappa shape index (κ1) is 18.6. The number of aryl methyl sites for hydroxylation is 1. The van der Waals surface area contributed by atoms with Crippen LogP contribution in [-0.4, -0.2) is 44.8 Å². The van der Waals surface area contributed by atoms with Gasteiger partial charge in [0.05, 0.1) is 4.90 Å². The molecule has 0 saturated heterocycles. The number of benzene rings is 1. The summed E-state index contributed by atoms with van der Waals surface area (Å²) < 4.78 is 26.4. The molecule has 0 spiro atoms. The summed E-state index contributed by atoms with van der Waals surface area (Å²) >= 11 is 0. The first-order chi connectivity index (χ1) is 10.4. The minimum Gasteiger partial charge on any atom is -0.352 e. The Morgan fingerprint density at radius 1 is 1.27 bits per heavy atom. The van der Waals surface area contributed by atoms with E-state index in [0.29, 0.717) is 38.2 Å². The smallest absolute Gasteiger partial charge is 0.251 e. The van der Waals surface area contributed by atoms with E-state index in [2.05, 4.69) is 5.32 Å². The second-order valence-corrected chi connectivity index (χ2v) is 6.90. The second kappa shape index (κ2) is 8.26. The summed E-state index contributed by atoms with van der Waals surface area (Å²) in [5, 5.41) is 2.75. The number of carbonyl (C=O) groups excluding carboxylic acids is 1. The molecule has 1 aromatic rings. The lowest BCUT2D eigenvalue weighted by Gasteiger charge is -2.19. The van der Waals surface area contributed by atoms with Crippen LogP contribution in [-0.2, 0) is 10.0 Å². The number of nitrogens with one attached hydrogen (secondary N) is 1. The van der Waals surface area contributed by atoms with Gasteiger partial charge in [-0.25, -0.2) is 8.42 Å². The van der Waals surface area contributed by atoms with Crippen LogP contribution in [0.1, 0.15) is 36.2 Å². The van der Waals surface area contributed by atoms with Gasteiger partial charge in [0.15, 0.2) is 0 Å². The molecule has 0 bridgehead atoms. The highest BCUT2D eigenvalue weighted by Crippen LogP contribution is 2.19. The maximum absolute atomic E-state index is 12.5. The number of nitrogens with zero attached hydrogens (tertiary/aromatic N) is 1. The molecule has 124 valence electrons. The van der Waals surface area contributed by atoms with E-state index < -0.39 is 10.0 Å². The fourth-order valence-electron chi connectivity index (χ4n) is 2.12. The molecular weight excluding hydrogens is 302 g/mol. The Morgan fingerprint density at radius 3 is 2.45 bits per heavy atom. The largest absolute Gasteiger partial charge is 0.352 e. The normalized spacial score (nSPS) is 11.7. The van der Waals surface area contributed by atoms with Crippen LogP contribution in [0.2, 0.25) is 0 Å². The van der Waals surface area contributed by atoms with Crippen molar-refractivity contribution in [3.05, 3.63) is 29.3 Å². The molecule has 0 fully saturated rings. The van der Waals surface area contributed by atoms with Gasteiger partial charge in [0, 0.05) is 25.2 Å². The van der Waals surface area contributed by atoms with Crippen LogP contribution in [0.5, 0.6) is 0 Å². The number of carbonyl (C=O) groups is 1. The topological polar surface area (TPSA) is 92.5 Å². The summed E-state index contributed by atoms with van der Waals surface area (Å²) in [6.07, 6.45) is 0.683. The Morgan fingerprint density at radius 2 is 1.91 bits per heavy atom. The fraction of sp³-hybridized carbons (Fsp3) is 0.533. The number of amides is 1. The molecule has 0 radical (unpaired) electrons. The quantitative estimate of drug-likeness (QED) is 0.699. The summed E-state index contributed by atoms with van der Waals surface area (Å²) in [7, 11) is -3.57. The third kappa shape index (κ3) is 4.28. The van der Waals surface area contributed by atoms with Gasteiger partial charge in [-0.1, -0.05) is 19.9 Å². The Balaban J connectivity index is 3.11. The van der Waals surface area contributed by atoms with E-state index in [0.717, 1.165) is 5.56 Å². The van der Waals surface area contributed by atoms with Crippen molar-refractivity contribution < 1.29 is 13.2 Å². The van der Waals surface area contributed by atoms with E-state index in [1.807, 2.05) is 0 Å². The molecule has 0 atom stereocenters. The number of nitrogens with two attached hydrogens (primary N) is 1. The van der Waals surface area contributed by atoms with Crippen LogP contribution >= 0.6 is 0 Å². The molecule has 0 saturated carbocycles. The molecule has 7 heteroatoms. The molecule has 0 aliphatic heterocycles. The van der Waals surface area contributed by atoms with E-state index in [1.165, 1.54) is 10.4 Å². The predicted molar refractivity (Wildman–Crippen MR) is 87.3 cm³/mol. The Labute approximate surface area is 132 Å². The van der Waals surface area contributed by atoms with E-state index in [-0.39, 0.29) is 10.8 Å². The van der Waals surface area contributed by atoms with Crippen molar-refractivity contribution in [3.8, 4) is 0 Å². The highest BCUT2D eigenvalue weighted by molar-refractivity contribution is 7.89. The molecule has 1 aromatic carbocycles. The van der Waals surface area contributed by atoms with Crippen LogP contribution in [0, 0.1) is 6.92 Å². The van der Waals surface area contributed by atoms with Gasteiger partial charge < -0.3 is 11.1 Å². The van der Waals surface area contributed by atoms with Crippen LogP contribution in [0.15, 0.2) is 23.1 Å². The molecule has 0 aromatic heterocycles. The van der Waals surface area contributed by atoms with Crippen LogP contribution in [0.3, 0.4) is 0 Å². The third-order valence-electron chi connectivity index (χ3n) is 3.46. The molecule has 0 aliphatic rings. The Bertz CT molecular complexity index is 610. The van der Waals surface area contributed by atoms with Gasteiger partial charge in [-0.15, -0.1) is 0 Å². The van der Waals surface area contributed by atoms with E-state index >= 15 is 0 Å². The van der Waals surface area contributed by atoms with Gasteiger partial charge in [-0.3, -0.25) is 4.79 Å². The fourth-order valence-corrected chi connectivity index (χ4v) is 3.60. The summed E-state index contributed by atoms with van der Waals surface area (Å²) in [6.45, 7) is 7.12. The predicted octanol–water partition coefficient (Wildman–Crippen LogP) is 1.10. The minimum absolute atomic E-state index is 0.144. The number of sulfonamides is 1. The monoisotopic (exact) mass is 327 g/mol. The molecular formula is C15H25N3O3S. The summed E-state index contributed by atoms with van der Waals surface area (Å²) in [4.78, 5) is 12.3. The standard InChI is InChI=1S/C15H25N3O3S/c1-4-18(5-2)22(20,21)13-8-7-12(3)14(11-13)15(19)17-10-6-9-16/h7-8,11H,4-6,9-10,16H2,1-3H3,(H,17,19). The lowest BCUT2D eigenvalue weighted by Crippen LogP contribution is -2.31. The first-order valence-electron chi connectivity index (χ1n) is 7.47. The van der Waals surface area contributed by atoms with Crippen molar-refractivity contribution in [2.75, 3.05) is 26.2 Å². The molecule has 1 rings (SSSR count). The molecule has 3 N–H and O–H groups in total. The number of rotatable bonds is 8. The SMILES string of the molecule is CCN(CC)S(=O)(=O)c1ccc(C)c(C(=O)NCCCN)c1. The molecule has 6 nitrogen and oxygen atoms in total. The number of hydrogen-bond acceptors (Lipinski definition) is 4. The summed E-state index contributed by atoms with van der Waals surface area (Å²) in [5.74, 6) is -0.275. The van der Waals surface area contributed by atoms with Crippen LogP contribution in [0.25, 0.3) is 0 Å². The van der Waals surface area contributed by atoms with Crippen LogP contribution in [0.4, 0.5) is 0 Å². The van der Waals surface area contributed by atoms with E-state index in [9.17, 15) is 13.2 Å². The van der Waals surface area contributed by atoms with Crippen molar-refractivity contribution in [3.63, 3.8) is 0 Å². The Kier molecular flexibility index (Phi) is 6.99. The summed E-state index contributed by atoms with van der Waals surface area (Å²) in [6, 6.07) is 4.65. The van der Waals surface area contributed by atoms with E-state index in [4.69, 9.17) is 5.73 Å². The van der Waals surface area contributed by atoms with Gasteiger partial charge in [0.2, 0.25) is 10.0 Å². The average Bonchev–Trinajstić information content (AvgIpc) is 2.48. The van der Waals surface area contributed by atoms with Crippen LogP contribution < -0.4 is 11.1 Å². The van der Waals surface area contributed by atoms with Gasteiger partial charge in [0.25, 0.3) is 5.91 Å². The molecule has 1 amide bonds. The Hall–Kier alpha value is -1.44. The average molecular weight is 327 g/mol. The van der Waals surface area contributed by atoms with Gasteiger partial charge >= 0.3 is 0 Å². The zero-order chi connectivity index (χ0) is 16.8. The zero-order valence-electron chi connectivity index (χ0n) is 13.4. The lowest BCUT2D eigenvalue weighted by atomic mass is 10.1. The highest BCUT2D eigenvalue weighted by atomic mass is 32.2. The molecule has 22 heavy (non-hydrogen) atoms. The third-order valence-corrected chi connectivity index (χ3v) is 5.51.